The largest absolute Gasteiger partial charge is 0.480 e. The van der Waals surface area contributed by atoms with Gasteiger partial charge in [-0.15, -0.1) is 0 Å². The SMILES string of the molecule is CC(=O)N[C@@H](Cc1cccc(F)c1)C(=O)N[C@H](Cc1cnc2ccccc2n1)C(=O)O. The summed E-state index contributed by atoms with van der Waals surface area (Å²) in [6.07, 6.45) is 1.37. The third-order valence-corrected chi connectivity index (χ3v) is 4.55. The minimum absolute atomic E-state index is 0.00525. The van der Waals surface area contributed by atoms with Crippen LogP contribution in [-0.4, -0.2) is 44.9 Å². The highest BCUT2D eigenvalue weighted by Crippen LogP contribution is 2.11. The number of aliphatic carboxylic acids is 1. The number of carbonyl (C=O) groups is 3. The monoisotopic (exact) mass is 424 g/mol. The van der Waals surface area contributed by atoms with Crippen molar-refractivity contribution in [1.29, 1.82) is 0 Å². The van der Waals surface area contributed by atoms with Crippen LogP contribution in [0.3, 0.4) is 0 Å². The molecule has 2 aromatic carbocycles. The molecule has 0 aliphatic heterocycles. The lowest BCUT2D eigenvalue weighted by Crippen LogP contribution is -2.52. The maximum absolute atomic E-state index is 13.5. The first-order valence-corrected chi connectivity index (χ1v) is 9.57. The molecule has 3 N–H and O–H groups in total. The van der Waals surface area contributed by atoms with Crippen LogP contribution in [0, 0.1) is 5.82 Å². The molecule has 0 saturated carbocycles. The number of hydrogen-bond donors (Lipinski definition) is 3. The molecule has 0 saturated heterocycles. The minimum atomic E-state index is -1.29. The zero-order chi connectivity index (χ0) is 22.4. The summed E-state index contributed by atoms with van der Waals surface area (Å²) in [5.41, 5.74) is 2.16. The Labute approximate surface area is 177 Å². The van der Waals surface area contributed by atoms with Crippen molar-refractivity contribution in [3.63, 3.8) is 0 Å². The number of nitrogens with one attached hydrogen (secondary N) is 2. The lowest BCUT2D eigenvalue weighted by molar-refractivity contribution is -0.142. The molecule has 0 aliphatic carbocycles. The van der Waals surface area contributed by atoms with Crippen molar-refractivity contribution in [2.75, 3.05) is 0 Å². The van der Waals surface area contributed by atoms with E-state index in [0.717, 1.165) is 0 Å². The summed E-state index contributed by atoms with van der Waals surface area (Å²) in [7, 11) is 0. The van der Waals surface area contributed by atoms with Crippen molar-refractivity contribution < 1.29 is 23.9 Å². The van der Waals surface area contributed by atoms with Crippen LogP contribution in [-0.2, 0) is 27.2 Å². The van der Waals surface area contributed by atoms with Gasteiger partial charge in [0.2, 0.25) is 11.8 Å². The van der Waals surface area contributed by atoms with Crippen LogP contribution in [0.1, 0.15) is 18.2 Å². The van der Waals surface area contributed by atoms with E-state index in [1.54, 1.807) is 24.3 Å². The molecule has 0 fully saturated rings. The van der Waals surface area contributed by atoms with E-state index in [9.17, 15) is 23.9 Å². The predicted molar refractivity (Wildman–Crippen MR) is 111 cm³/mol. The summed E-state index contributed by atoms with van der Waals surface area (Å²) < 4.78 is 13.5. The Hall–Kier alpha value is -3.88. The summed E-state index contributed by atoms with van der Waals surface area (Å²) in [5, 5.41) is 14.5. The average Bonchev–Trinajstić information content (AvgIpc) is 2.72. The lowest BCUT2D eigenvalue weighted by atomic mass is 10.0. The second kappa shape index (κ2) is 9.75. The quantitative estimate of drug-likeness (QED) is 0.505. The fourth-order valence-corrected chi connectivity index (χ4v) is 3.13. The fourth-order valence-electron chi connectivity index (χ4n) is 3.13. The number of halogens is 1. The molecule has 1 aromatic heterocycles. The zero-order valence-corrected chi connectivity index (χ0v) is 16.7. The third kappa shape index (κ3) is 6.05. The Morgan fingerprint density at radius 2 is 1.74 bits per heavy atom. The van der Waals surface area contributed by atoms with Crippen molar-refractivity contribution in [1.82, 2.24) is 20.6 Å². The van der Waals surface area contributed by atoms with E-state index in [1.165, 1.54) is 31.3 Å². The van der Waals surface area contributed by atoms with Gasteiger partial charge in [-0.1, -0.05) is 24.3 Å². The summed E-state index contributed by atoms with van der Waals surface area (Å²) in [6.45, 7) is 1.24. The number of carboxylic acids is 1. The maximum atomic E-state index is 13.5. The van der Waals surface area contributed by atoms with Gasteiger partial charge in [0.15, 0.2) is 0 Å². The van der Waals surface area contributed by atoms with E-state index in [1.807, 2.05) is 6.07 Å². The molecule has 0 spiro atoms. The average molecular weight is 424 g/mol. The maximum Gasteiger partial charge on any atom is 0.326 e. The third-order valence-electron chi connectivity index (χ3n) is 4.55. The number of nitrogens with zero attached hydrogens (tertiary/aromatic N) is 2. The first kappa shape index (κ1) is 21.8. The highest BCUT2D eigenvalue weighted by atomic mass is 19.1. The number of amides is 2. The normalized spacial score (nSPS) is 12.7. The number of carboxylic acid groups (broad SMARTS) is 1. The fraction of sp³-hybridized carbons (Fsp3) is 0.227. The van der Waals surface area contributed by atoms with Gasteiger partial charge in [0.1, 0.15) is 17.9 Å². The predicted octanol–water partition coefficient (Wildman–Crippen LogP) is 1.63. The van der Waals surface area contributed by atoms with Gasteiger partial charge in [0, 0.05) is 26.0 Å². The van der Waals surface area contributed by atoms with Gasteiger partial charge in [-0.25, -0.2) is 14.2 Å². The molecule has 0 unspecified atom stereocenters. The summed E-state index contributed by atoms with van der Waals surface area (Å²) in [4.78, 5) is 44.7. The first-order chi connectivity index (χ1) is 14.8. The minimum Gasteiger partial charge on any atom is -0.480 e. The van der Waals surface area contributed by atoms with Gasteiger partial charge in [-0.2, -0.15) is 0 Å². The number of rotatable bonds is 8. The standard InChI is InChI=1S/C22H21FN4O4/c1-13(28)25-19(10-14-5-4-6-15(23)9-14)21(29)27-20(22(30)31)11-16-12-24-17-7-2-3-8-18(17)26-16/h2-9,12,19-20H,10-11H2,1H3,(H,25,28)(H,27,29)(H,30,31)/t19-,20+/m0/s1. The van der Waals surface area contributed by atoms with Gasteiger partial charge in [-0.3, -0.25) is 14.6 Å². The van der Waals surface area contributed by atoms with E-state index in [4.69, 9.17) is 0 Å². The summed E-state index contributed by atoms with van der Waals surface area (Å²) >= 11 is 0. The van der Waals surface area contributed by atoms with Crippen molar-refractivity contribution in [2.45, 2.75) is 31.8 Å². The highest BCUT2D eigenvalue weighted by molar-refractivity contribution is 5.90. The van der Waals surface area contributed by atoms with Gasteiger partial charge >= 0.3 is 5.97 Å². The molecule has 9 heteroatoms. The van der Waals surface area contributed by atoms with Crippen LogP contribution >= 0.6 is 0 Å². The smallest absolute Gasteiger partial charge is 0.326 e. The van der Waals surface area contributed by atoms with Crippen molar-refractivity contribution in [3.8, 4) is 0 Å². The van der Waals surface area contributed by atoms with Crippen molar-refractivity contribution >= 4 is 28.8 Å². The number of hydrogen-bond acceptors (Lipinski definition) is 5. The summed E-state index contributed by atoms with van der Waals surface area (Å²) in [5.74, 6) is -2.89. The lowest BCUT2D eigenvalue weighted by Gasteiger charge is -2.21. The van der Waals surface area contributed by atoms with Crippen molar-refractivity contribution in [3.05, 3.63) is 71.8 Å². The number of fused-ring (bicyclic) bond motifs is 1. The zero-order valence-electron chi connectivity index (χ0n) is 16.7. The van der Waals surface area contributed by atoms with E-state index in [0.29, 0.717) is 22.3 Å². The Bertz CT molecular complexity index is 1120. The molecular weight excluding hydrogens is 403 g/mol. The van der Waals surface area contributed by atoms with Crippen LogP contribution < -0.4 is 10.6 Å². The van der Waals surface area contributed by atoms with Crippen LogP contribution in [0.15, 0.2) is 54.7 Å². The van der Waals surface area contributed by atoms with Crippen LogP contribution in [0.4, 0.5) is 4.39 Å². The molecular formula is C22H21FN4O4. The second-order valence-corrected chi connectivity index (χ2v) is 7.04. The molecule has 2 amide bonds. The number of carbonyl (C=O) groups excluding carboxylic acids is 2. The van der Waals surface area contributed by atoms with E-state index in [2.05, 4.69) is 20.6 Å². The first-order valence-electron chi connectivity index (χ1n) is 9.57. The molecule has 3 aromatic rings. The Morgan fingerprint density at radius 3 is 2.42 bits per heavy atom. The van der Waals surface area contributed by atoms with E-state index < -0.39 is 35.7 Å². The molecule has 0 radical (unpaired) electrons. The van der Waals surface area contributed by atoms with Crippen LogP contribution in [0.2, 0.25) is 0 Å². The number of benzene rings is 2. The topological polar surface area (TPSA) is 121 Å². The van der Waals surface area contributed by atoms with Crippen molar-refractivity contribution in [2.24, 2.45) is 0 Å². The van der Waals surface area contributed by atoms with Gasteiger partial charge in [0.25, 0.3) is 0 Å². The molecule has 31 heavy (non-hydrogen) atoms. The van der Waals surface area contributed by atoms with E-state index >= 15 is 0 Å². The Balaban J connectivity index is 1.75. The molecule has 2 atom stereocenters. The number of para-hydroxylation sites is 2. The molecule has 0 bridgehead atoms. The Morgan fingerprint density at radius 1 is 1.00 bits per heavy atom. The van der Waals surface area contributed by atoms with E-state index in [-0.39, 0.29) is 12.8 Å². The van der Waals surface area contributed by atoms with Crippen LogP contribution in [0.25, 0.3) is 11.0 Å². The molecule has 8 nitrogen and oxygen atoms in total. The van der Waals surface area contributed by atoms with Gasteiger partial charge in [-0.05, 0) is 29.8 Å². The Kier molecular flexibility index (Phi) is 6.86. The number of aromatic nitrogens is 2. The van der Waals surface area contributed by atoms with Gasteiger partial charge < -0.3 is 15.7 Å². The molecule has 3 rings (SSSR count). The summed E-state index contributed by atoms with van der Waals surface area (Å²) in [6, 6.07) is 10.4. The molecule has 1 heterocycles. The molecule has 0 aliphatic rings. The molecule has 160 valence electrons. The highest BCUT2D eigenvalue weighted by Gasteiger charge is 2.27. The van der Waals surface area contributed by atoms with Crippen LogP contribution in [0.5, 0.6) is 0 Å². The van der Waals surface area contributed by atoms with Gasteiger partial charge in [0.05, 0.1) is 16.7 Å². The second-order valence-electron chi connectivity index (χ2n) is 7.04.